The van der Waals surface area contributed by atoms with E-state index in [2.05, 4.69) is 65.1 Å². The Morgan fingerprint density at radius 3 is 2.42 bits per heavy atom. The van der Waals surface area contributed by atoms with Crippen LogP contribution in [0.3, 0.4) is 0 Å². The first-order chi connectivity index (χ1) is 21.5. The van der Waals surface area contributed by atoms with Crippen LogP contribution in [-0.2, 0) is 11.3 Å². The zero-order chi connectivity index (χ0) is 31.9. The largest absolute Gasteiger partial charge is 0.456 e. The molecule has 6 heteroatoms. The summed E-state index contributed by atoms with van der Waals surface area (Å²) in [6, 6.07) is 25.9. The van der Waals surface area contributed by atoms with Gasteiger partial charge in [-0.05, 0) is 119 Å². The lowest BCUT2D eigenvalue weighted by molar-refractivity contribution is 0.00703. The van der Waals surface area contributed by atoms with Crippen LogP contribution in [0.5, 0.6) is 0 Å². The van der Waals surface area contributed by atoms with E-state index < -0.39 is 5.60 Å². The van der Waals surface area contributed by atoms with Crippen LogP contribution in [0.25, 0.3) is 22.0 Å². The molecule has 1 amide bonds. The Balaban J connectivity index is 1.20. The third-order valence-electron chi connectivity index (χ3n) is 8.70. The molecule has 6 nitrogen and oxygen atoms in total. The van der Waals surface area contributed by atoms with Crippen LogP contribution in [0.15, 0.2) is 85.1 Å². The molecule has 1 saturated carbocycles. The van der Waals surface area contributed by atoms with Crippen molar-refractivity contribution in [3.63, 3.8) is 0 Å². The van der Waals surface area contributed by atoms with Crippen molar-refractivity contribution in [1.29, 1.82) is 0 Å². The molecule has 0 unspecified atom stereocenters. The van der Waals surface area contributed by atoms with Gasteiger partial charge < -0.3 is 14.6 Å². The van der Waals surface area contributed by atoms with Crippen molar-refractivity contribution in [3.8, 4) is 11.1 Å². The molecule has 1 aliphatic rings. The van der Waals surface area contributed by atoms with E-state index in [1.807, 2.05) is 76.4 Å². The second-order valence-electron chi connectivity index (χ2n) is 13.3. The highest BCUT2D eigenvalue weighted by Crippen LogP contribution is 2.39. The summed E-state index contributed by atoms with van der Waals surface area (Å²) in [5.41, 5.74) is 9.24. The van der Waals surface area contributed by atoms with E-state index >= 15 is 0 Å². The van der Waals surface area contributed by atoms with Gasteiger partial charge in [-0.25, -0.2) is 4.79 Å². The third kappa shape index (κ3) is 6.56. The number of hydrogen-bond acceptors (Lipinski definition) is 4. The molecule has 2 heterocycles. The molecule has 5 aromatic rings. The van der Waals surface area contributed by atoms with E-state index in [0.29, 0.717) is 23.6 Å². The molecule has 45 heavy (non-hydrogen) atoms. The van der Waals surface area contributed by atoms with Crippen LogP contribution in [0.1, 0.15) is 101 Å². The predicted molar refractivity (Wildman–Crippen MR) is 180 cm³/mol. The molecule has 0 bridgehead atoms. The van der Waals surface area contributed by atoms with Gasteiger partial charge in [-0.2, -0.15) is 0 Å². The molecule has 6 rings (SSSR count). The number of carbonyl (C=O) groups is 2. The van der Waals surface area contributed by atoms with Gasteiger partial charge in [0.2, 0.25) is 0 Å². The fourth-order valence-corrected chi connectivity index (χ4v) is 5.91. The minimum atomic E-state index is -0.563. The van der Waals surface area contributed by atoms with Crippen LogP contribution >= 0.6 is 0 Å². The van der Waals surface area contributed by atoms with Gasteiger partial charge >= 0.3 is 5.97 Å². The number of nitrogens with one attached hydrogen (secondary N) is 1. The first-order valence-electron chi connectivity index (χ1n) is 15.8. The summed E-state index contributed by atoms with van der Waals surface area (Å²) in [6.45, 7) is 12.6. The Hall–Kier alpha value is -4.71. The lowest BCUT2D eigenvalue weighted by Gasteiger charge is -2.20. The second-order valence-corrected chi connectivity index (χ2v) is 13.3. The van der Waals surface area contributed by atoms with Gasteiger partial charge in [-0.3, -0.25) is 9.78 Å². The van der Waals surface area contributed by atoms with Crippen molar-refractivity contribution in [2.75, 3.05) is 0 Å². The van der Waals surface area contributed by atoms with Crippen LogP contribution in [0, 0.1) is 13.8 Å². The van der Waals surface area contributed by atoms with Crippen LogP contribution < -0.4 is 5.32 Å². The van der Waals surface area contributed by atoms with Gasteiger partial charge in [0.05, 0.1) is 11.6 Å². The summed E-state index contributed by atoms with van der Waals surface area (Å²) in [6.07, 6.45) is 4.25. The molecule has 0 radical (unpaired) electrons. The summed E-state index contributed by atoms with van der Waals surface area (Å²) in [4.78, 5) is 30.7. The molecule has 0 aliphatic heterocycles. The van der Waals surface area contributed by atoms with Gasteiger partial charge in [0.1, 0.15) is 5.60 Å². The number of aromatic nitrogens is 2. The fourth-order valence-electron chi connectivity index (χ4n) is 5.91. The maximum absolute atomic E-state index is 13.3. The molecule has 0 spiro atoms. The molecule has 1 aliphatic carbocycles. The maximum atomic E-state index is 13.3. The number of nitrogens with zero attached hydrogens (tertiary/aromatic N) is 2. The highest BCUT2D eigenvalue weighted by atomic mass is 16.6. The smallest absolute Gasteiger partial charge is 0.339 e. The minimum Gasteiger partial charge on any atom is -0.456 e. The number of amides is 1. The quantitative estimate of drug-likeness (QED) is 0.181. The maximum Gasteiger partial charge on any atom is 0.339 e. The lowest BCUT2D eigenvalue weighted by Crippen LogP contribution is -2.26. The summed E-state index contributed by atoms with van der Waals surface area (Å²) >= 11 is 0. The number of benzene rings is 3. The van der Waals surface area contributed by atoms with Crippen molar-refractivity contribution in [1.82, 2.24) is 14.9 Å². The summed E-state index contributed by atoms with van der Waals surface area (Å²) in [5, 5.41) is 4.26. The van der Waals surface area contributed by atoms with E-state index in [1.165, 1.54) is 24.1 Å². The fraction of sp³-hybridized carbons (Fsp3) is 0.308. The Morgan fingerprint density at radius 1 is 0.978 bits per heavy atom. The molecular weight excluding hydrogens is 558 g/mol. The molecule has 230 valence electrons. The molecule has 1 fully saturated rings. The molecule has 1 atom stereocenters. The van der Waals surface area contributed by atoms with Gasteiger partial charge in [0.15, 0.2) is 0 Å². The summed E-state index contributed by atoms with van der Waals surface area (Å²) in [7, 11) is 0. The first kappa shape index (κ1) is 30.3. The van der Waals surface area contributed by atoms with Crippen molar-refractivity contribution in [2.24, 2.45) is 0 Å². The second kappa shape index (κ2) is 12.0. The van der Waals surface area contributed by atoms with Gasteiger partial charge in [0, 0.05) is 46.5 Å². The Labute approximate surface area is 265 Å². The van der Waals surface area contributed by atoms with Crippen molar-refractivity contribution in [3.05, 3.63) is 124 Å². The summed E-state index contributed by atoms with van der Waals surface area (Å²) in [5.74, 6) is 0.167. The number of fused-ring (bicyclic) bond motifs is 1. The van der Waals surface area contributed by atoms with E-state index in [-0.39, 0.29) is 17.9 Å². The van der Waals surface area contributed by atoms with E-state index in [0.717, 1.165) is 38.9 Å². The number of esters is 1. The predicted octanol–water partition coefficient (Wildman–Crippen LogP) is 8.69. The minimum absolute atomic E-state index is 0.0822. The van der Waals surface area contributed by atoms with Crippen molar-refractivity contribution >= 4 is 22.8 Å². The molecular formula is C39H41N3O3. The van der Waals surface area contributed by atoms with Gasteiger partial charge in [0.25, 0.3) is 5.91 Å². The average molecular weight is 600 g/mol. The van der Waals surface area contributed by atoms with Gasteiger partial charge in [-0.1, -0.05) is 42.5 Å². The number of hydrogen-bond donors (Lipinski definition) is 1. The lowest BCUT2D eigenvalue weighted by atomic mass is 9.98. The van der Waals surface area contributed by atoms with E-state index in [1.54, 1.807) is 0 Å². The zero-order valence-corrected chi connectivity index (χ0v) is 27.0. The first-order valence-corrected chi connectivity index (χ1v) is 15.8. The Kier molecular flexibility index (Phi) is 8.08. The molecule has 0 saturated heterocycles. The van der Waals surface area contributed by atoms with E-state index in [4.69, 9.17) is 4.74 Å². The number of aryl methyl sites for hydroxylation is 1. The third-order valence-corrected chi connectivity index (χ3v) is 8.70. The topological polar surface area (TPSA) is 73.2 Å². The average Bonchev–Trinajstić information content (AvgIpc) is 3.85. The molecule has 2 aromatic heterocycles. The number of ether oxygens (including phenoxy) is 1. The number of rotatable bonds is 8. The highest BCUT2D eigenvalue weighted by Gasteiger charge is 2.26. The van der Waals surface area contributed by atoms with Crippen LogP contribution in [-0.4, -0.2) is 27.0 Å². The van der Waals surface area contributed by atoms with Crippen molar-refractivity contribution < 1.29 is 14.3 Å². The Morgan fingerprint density at radius 2 is 1.71 bits per heavy atom. The number of pyridine rings is 1. The van der Waals surface area contributed by atoms with Crippen molar-refractivity contribution in [2.45, 2.75) is 78.5 Å². The SMILES string of the molecule is Cc1c(C)n(Cc2ccc(-c3ccccc3C(=O)OC(C)(C)C)cc2)c2ccc(C(=O)N[C@@H](C)c3ccnc(C4CC4)c3)cc12. The molecule has 1 N–H and O–H groups in total. The Bertz CT molecular complexity index is 1890. The summed E-state index contributed by atoms with van der Waals surface area (Å²) < 4.78 is 7.95. The monoisotopic (exact) mass is 599 g/mol. The van der Waals surface area contributed by atoms with Crippen LogP contribution in [0.2, 0.25) is 0 Å². The molecule has 3 aromatic carbocycles. The number of carbonyl (C=O) groups excluding carboxylic acids is 2. The van der Waals surface area contributed by atoms with E-state index in [9.17, 15) is 9.59 Å². The van der Waals surface area contributed by atoms with Crippen LogP contribution in [0.4, 0.5) is 0 Å². The normalized spacial score (nSPS) is 13.9. The zero-order valence-electron chi connectivity index (χ0n) is 27.0. The standard InChI is InChI=1S/C39H41N3O3/c1-24-26(3)42(23-27-11-13-28(14-12-27)32-9-7-8-10-33(32)38(44)45-39(4,5)6)36-18-17-31(21-34(24)36)37(43)41-25(2)30-19-20-40-35(22-30)29-15-16-29/h7-14,17-22,25,29H,15-16,23H2,1-6H3,(H,41,43)/t25-/m0/s1. The highest BCUT2D eigenvalue weighted by molar-refractivity contribution is 5.99. The van der Waals surface area contributed by atoms with Gasteiger partial charge in [-0.15, -0.1) is 0 Å².